The third-order valence-electron chi connectivity index (χ3n) is 7.77. The van der Waals surface area contributed by atoms with E-state index in [0.717, 1.165) is 9.13 Å². The van der Waals surface area contributed by atoms with E-state index in [0.29, 0.717) is 22.7 Å². The second-order valence-corrected chi connectivity index (χ2v) is 9.84. The van der Waals surface area contributed by atoms with Gasteiger partial charge in [0.15, 0.2) is 0 Å². The van der Waals surface area contributed by atoms with Gasteiger partial charge >= 0.3 is 22.8 Å². The smallest absolute Gasteiger partial charge is 0.352 e. The maximum atomic E-state index is 14.0. The number of aromatic nitrogens is 6. The summed E-state index contributed by atoms with van der Waals surface area (Å²) in [4.78, 5) is 55.1. The van der Waals surface area contributed by atoms with E-state index >= 15 is 0 Å². The summed E-state index contributed by atoms with van der Waals surface area (Å²) in [7, 11) is 1.45. The second kappa shape index (κ2) is 9.01. The lowest BCUT2D eigenvalue weighted by Crippen LogP contribution is -2.47. The molecule has 12 heteroatoms. The van der Waals surface area contributed by atoms with Crippen LogP contribution < -0.4 is 27.5 Å². The number of ether oxygens (including phenoxy) is 1. The molecular formula is C29H24N6O6. The van der Waals surface area contributed by atoms with Gasteiger partial charge < -0.3 is 9.84 Å². The summed E-state index contributed by atoms with van der Waals surface area (Å²) in [6.07, 6.45) is 1.78. The number of rotatable bonds is 4. The topological polar surface area (TPSA) is 127 Å². The number of methoxy groups -OCH3 is 1. The van der Waals surface area contributed by atoms with Crippen LogP contribution in [0.1, 0.15) is 17.6 Å². The van der Waals surface area contributed by atoms with Crippen molar-refractivity contribution in [2.24, 2.45) is 0 Å². The van der Waals surface area contributed by atoms with Crippen LogP contribution in [-0.2, 0) is 13.1 Å². The molecule has 2 aliphatic heterocycles. The number of fused-ring (bicyclic) bond motifs is 4. The van der Waals surface area contributed by atoms with E-state index in [-0.39, 0.29) is 24.4 Å². The molecule has 3 aromatic carbocycles. The number of aromatic hydroxyl groups is 1. The molecule has 0 saturated heterocycles. The van der Waals surface area contributed by atoms with Crippen molar-refractivity contribution in [2.45, 2.75) is 25.2 Å². The molecular weight excluding hydrogens is 528 g/mol. The molecule has 0 aliphatic carbocycles. The first kappa shape index (κ1) is 24.5. The van der Waals surface area contributed by atoms with Crippen LogP contribution in [0.3, 0.4) is 0 Å². The molecule has 4 heterocycles. The molecule has 12 nitrogen and oxygen atoms in total. The van der Waals surface area contributed by atoms with Crippen LogP contribution in [0.2, 0.25) is 0 Å². The zero-order chi connectivity index (χ0) is 28.4. The summed E-state index contributed by atoms with van der Waals surface area (Å²) in [5, 5.41) is 11.1. The highest BCUT2D eigenvalue weighted by molar-refractivity contribution is 5.51. The quantitative estimate of drug-likeness (QED) is 0.336. The Kier molecular flexibility index (Phi) is 5.39. The first-order valence-electron chi connectivity index (χ1n) is 13.0. The number of nitrogens with zero attached hydrogens (tertiary/aromatic N) is 6. The molecule has 5 aromatic rings. The zero-order valence-corrected chi connectivity index (χ0v) is 21.8. The molecule has 0 bridgehead atoms. The van der Waals surface area contributed by atoms with Crippen LogP contribution >= 0.6 is 0 Å². The lowest BCUT2D eigenvalue weighted by atomic mass is 9.89. The molecule has 0 unspecified atom stereocenters. The minimum absolute atomic E-state index is 0.0462. The van der Waals surface area contributed by atoms with Gasteiger partial charge in [-0.05, 0) is 42.0 Å². The molecule has 2 atom stereocenters. The Hall–Kier alpha value is -5.52. The minimum Gasteiger partial charge on any atom is -0.507 e. The molecule has 206 valence electrons. The van der Waals surface area contributed by atoms with Crippen LogP contribution in [0.25, 0.3) is 11.4 Å². The molecule has 0 amide bonds. The molecule has 0 fully saturated rings. The van der Waals surface area contributed by atoms with Crippen molar-refractivity contribution >= 4 is 0 Å². The van der Waals surface area contributed by atoms with Crippen LogP contribution in [0.15, 0.2) is 110 Å². The van der Waals surface area contributed by atoms with Crippen LogP contribution in [0, 0.1) is 0 Å². The first-order chi connectivity index (χ1) is 19.9. The molecule has 7 rings (SSSR count). The minimum atomic E-state index is -1.01. The van der Waals surface area contributed by atoms with Crippen molar-refractivity contribution in [3.05, 3.63) is 138 Å². The highest BCUT2D eigenvalue weighted by atomic mass is 16.5. The largest absolute Gasteiger partial charge is 0.507 e. The van der Waals surface area contributed by atoms with Crippen molar-refractivity contribution in [3.8, 4) is 22.9 Å². The van der Waals surface area contributed by atoms with Gasteiger partial charge in [-0.25, -0.2) is 47.0 Å². The Balaban J connectivity index is 1.53. The monoisotopic (exact) mass is 552 g/mol. The summed E-state index contributed by atoms with van der Waals surface area (Å²) in [5.74, 6) is 0.151. The molecule has 1 N–H and O–H groups in total. The predicted molar refractivity (Wildman–Crippen MR) is 148 cm³/mol. The number of benzene rings is 3. The lowest BCUT2D eigenvalue weighted by Gasteiger charge is -2.38. The van der Waals surface area contributed by atoms with Gasteiger partial charge in [0.2, 0.25) is 0 Å². The highest BCUT2D eigenvalue weighted by Gasteiger charge is 2.43. The third kappa shape index (κ3) is 3.40. The average Bonchev–Trinajstić information content (AvgIpc) is 3.40. The standard InChI is InChI=1S/C29H24N6O6/c1-41-23-14-8-13-22(36)24(23)25-20-15-16-30-26(37)32(18-9-4-2-5-10-18)28(39)34(30)21(20)17-31-27(38)33(29(40)35(25)31)19-11-6-3-7-12-19/h2-15,21,25,36H,16-17H2,1H3/t21-,25-/m1/s1. The van der Waals surface area contributed by atoms with Crippen LogP contribution in [0.4, 0.5) is 0 Å². The van der Waals surface area contributed by atoms with Crippen molar-refractivity contribution in [3.63, 3.8) is 0 Å². The number of hydrogen-bond acceptors (Lipinski definition) is 6. The Bertz CT molecular complexity index is 2090. The number of phenolic OH excluding ortho intramolecular Hbond substituents is 1. The third-order valence-corrected chi connectivity index (χ3v) is 7.77. The predicted octanol–water partition coefficient (Wildman–Crippen LogP) is 1.41. The normalized spacial score (nSPS) is 17.3. The second-order valence-electron chi connectivity index (χ2n) is 9.84. The molecule has 0 radical (unpaired) electrons. The summed E-state index contributed by atoms with van der Waals surface area (Å²) in [6.45, 7) is -0.0468. The zero-order valence-electron chi connectivity index (χ0n) is 21.8. The molecule has 41 heavy (non-hydrogen) atoms. The highest BCUT2D eigenvalue weighted by Crippen LogP contribution is 2.45. The van der Waals surface area contributed by atoms with Gasteiger partial charge in [0.05, 0.1) is 43.2 Å². The Labute approximate surface area is 231 Å². The van der Waals surface area contributed by atoms with Crippen molar-refractivity contribution < 1.29 is 9.84 Å². The van der Waals surface area contributed by atoms with E-state index in [1.165, 1.54) is 31.9 Å². The maximum absolute atomic E-state index is 14.0. The molecule has 0 spiro atoms. The SMILES string of the molecule is COc1cccc(O)c1[C@H]1C2=CCn3c(=O)n(-c4ccccc4)c(=O)n3[C@@H]2Cn2c(=O)n(-c3ccccc3)c(=O)n21. The van der Waals surface area contributed by atoms with E-state index in [2.05, 4.69) is 0 Å². The number of allylic oxidation sites excluding steroid dienone is 2. The van der Waals surface area contributed by atoms with Gasteiger partial charge in [0, 0.05) is 0 Å². The lowest BCUT2D eigenvalue weighted by molar-refractivity contribution is 0.241. The molecule has 2 aliphatic rings. The van der Waals surface area contributed by atoms with Crippen molar-refractivity contribution in [1.29, 1.82) is 0 Å². The van der Waals surface area contributed by atoms with E-state index in [1.54, 1.807) is 78.9 Å². The molecule has 2 aromatic heterocycles. The van der Waals surface area contributed by atoms with Gasteiger partial charge in [0.1, 0.15) is 17.5 Å². The molecule has 0 saturated carbocycles. The van der Waals surface area contributed by atoms with Crippen molar-refractivity contribution in [2.75, 3.05) is 7.11 Å². The Morgan fingerprint density at radius 2 is 1.29 bits per heavy atom. The van der Waals surface area contributed by atoms with Crippen LogP contribution in [-0.4, -0.2) is 40.1 Å². The van der Waals surface area contributed by atoms with E-state index in [1.807, 2.05) is 0 Å². The first-order valence-corrected chi connectivity index (χ1v) is 13.0. The summed E-state index contributed by atoms with van der Waals surface area (Å²) < 4.78 is 13.0. The summed E-state index contributed by atoms with van der Waals surface area (Å²) in [5.41, 5.74) is -0.708. The number of phenols is 1. The fourth-order valence-electron chi connectivity index (χ4n) is 5.99. The summed E-state index contributed by atoms with van der Waals surface area (Å²) >= 11 is 0. The van der Waals surface area contributed by atoms with Gasteiger partial charge in [-0.15, -0.1) is 0 Å². The maximum Gasteiger partial charge on any atom is 0.352 e. The van der Waals surface area contributed by atoms with E-state index < -0.39 is 34.8 Å². The van der Waals surface area contributed by atoms with Gasteiger partial charge in [-0.1, -0.05) is 48.5 Å². The van der Waals surface area contributed by atoms with E-state index in [4.69, 9.17) is 4.74 Å². The fraction of sp³-hybridized carbons (Fsp3) is 0.172. The van der Waals surface area contributed by atoms with Crippen LogP contribution in [0.5, 0.6) is 11.5 Å². The van der Waals surface area contributed by atoms with Gasteiger partial charge in [-0.2, -0.15) is 0 Å². The van der Waals surface area contributed by atoms with E-state index in [9.17, 15) is 24.3 Å². The number of hydrogen-bond donors (Lipinski definition) is 1. The average molecular weight is 553 g/mol. The Morgan fingerprint density at radius 3 is 1.90 bits per heavy atom. The van der Waals surface area contributed by atoms with Gasteiger partial charge in [-0.3, -0.25) is 0 Å². The Morgan fingerprint density at radius 1 is 0.707 bits per heavy atom. The number of para-hydroxylation sites is 2. The summed E-state index contributed by atoms with van der Waals surface area (Å²) in [6, 6.07) is 20.0. The van der Waals surface area contributed by atoms with Crippen molar-refractivity contribution in [1.82, 2.24) is 27.9 Å². The van der Waals surface area contributed by atoms with Gasteiger partial charge in [0.25, 0.3) is 0 Å². The fourth-order valence-corrected chi connectivity index (χ4v) is 5.99.